The maximum atomic E-state index is 6.11. The molecular weight excluding hydrogens is 428 g/mol. The molecule has 4 rings (SSSR count). The third-order valence-corrected chi connectivity index (χ3v) is 7.47. The van der Waals surface area contributed by atoms with Crippen molar-refractivity contribution in [3.63, 3.8) is 0 Å². The number of aryl methyl sites for hydroxylation is 1. The first kappa shape index (κ1) is 22.5. The predicted octanol–water partition coefficient (Wildman–Crippen LogP) is 8.69. The van der Waals surface area contributed by atoms with Crippen molar-refractivity contribution < 1.29 is 4.74 Å². The molecule has 1 aromatic heterocycles. The summed E-state index contributed by atoms with van der Waals surface area (Å²) in [5, 5.41) is 3.58. The van der Waals surface area contributed by atoms with E-state index in [2.05, 4.69) is 98.0 Å². The molecular formula is C29H28OS2. The molecule has 162 valence electrons. The molecule has 1 atom stereocenters. The van der Waals surface area contributed by atoms with Gasteiger partial charge in [0.05, 0.1) is 0 Å². The van der Waals surface area contributed by atoms with Gasteiger partial charge in [-0.3, -0.25) is 0 Å². The minimum atomic E-state index is 0.293. The molecule has 0 fully saturated rings. The van der Waals surface area contributed by atoms with Crippen molar-refractivity contribution in [3.8, 4) is 28.7 Å². The van der Waals surface area contributed by atoms with E-state index in [4.69, 9.17) is 4.74 Å². The third-order valence-electron chi connectivity index (χ3n) is 5.78. The van der Waals surface area contributed by atoms with Gasteiger partial charge in [0.1, 0.15) is 12.4 Å². The van der Waals surface area contributed by atoms with Crippen LogP contribution in [-0.2, 0) is 6.61 Å². The highest BCUT2D eigenvalue weighted by Crippen LogP contribution is 2.37. The molecule has 0 saturated heterocycles. The van der Waals surface area contributed by atoms with Gasteiger partial charge in [-0.05, 0) is 90.6 Å². The van der Waals surface area contributed by atoms with Gasteiger partial charge < -0.3 is 4.74 Å². The Balaban J connectivity index is 1.53. The Hall–Kier alpha value is -2.67. The van der Waals surface area contributed by atoms with Crippen LogP contribution in [0, 0.1) is 18.8 Å². The number of fused-ring (bicyclic) bond motifs is 1. The molecule has 0 spiro atoms. The van der Waals surface area contributed by atoms with E-state index in [1.54, 1.807) is 23.1 Å². The minimum Gasteiger partial charge on any atom is -0.489 e. The van der Waals surface area contributed by atoms with Gasteiger partial charge in [0.2, 0.25) is 0 Å². The highest BCUT2D eigenvalue weighted by atomic mass is 32.2. The summed E-state index contributed by atoms with van der Waals surface area (Å²) in [4.78, 5) is 1.30. The highest BCUT2D eigenvalue weighted by Gasteiger charge is 2.11. The number of thioether (sulfide) groups is 1. The van der Waals surface area contributed by atoms with Crippen LogP contribution in [0.5, 0.6) is 5.75 Å². The molecule has 1 heterocycles. The molecule has 1 nitrogen and oxygen atoms in total. The van der Waals surface area contributed by atoms with Crippen molar-refractivity contribution in [2.45, 2.75) is 44.6 Å². The molecule has 0 saturated carbocycles. The molecule has 0 aliphatic carbocycles. The van der Waals surface area contributed by atoms with E-state index < -0.39 is 0 Å². The van der Waals surface area contributed by atoms with Gasteiger partial charge in [0.25, 0.3) is 0 Å². The number of hydrogen-bond acceptors (Lipinski definition) is 3. The largest absolute Gasteiger partial charge is 0.489 e. The van der Waals surface area contributed by atoms with Crippen molar-refractivity contribution in [2.75, 3.05) is 6.26 Å². The Labute approximate surface area is 199 Å². The van der Waals surface area contributed by atoms with E-state index in [1.165, 1.54) is 42.8 Å². The van der Waals surface area contributed by atoms with Crippen LogP contribution >= 0.6 is 23.1 Å². The zero-order chi connectivity index (χ0) is 22.5. The number of hydrogen-bond donors (Lipinski definition) is 0. The lowest BCUT2D eigenvalue weighted by Crippen LogP contribution is -1.97. The van der Waals surface area contributed by atoms with Crippen LogP contribution in [0.3, 0.4) is 0 Å². The van der Waals surface area contributed by atoms with E-state index in [0.717, 1.165) is 12.2 Å². The Morgan fingerprint density at radius 3 is 2.50 bits per heavy atom. The second kappa shape index (κ2) is 10.3. The normalized spacial score (nSPS) is 11.8. The van der Waals surface area contributed by atoms with E-state index >= 15 is 0 Å². The Morgan fingerprint density at radius 1 is 1.00 bits per heavy atom. The van der Waals surface area contributed by atoms with Crippen molar-refractivity contribution in [1.82, 2.24) is 0 Å². The Bertz CT molecular complexity index is 1270. The van der Waals surface area contributed by atoms with Crippen LogP contribution in [0.4, 0.5) is 0 Å². The second-order valence-electron chi connectivity index (χ2n) is 7.87. The number of ether oxygens (including phenoxy) is 1. The van der Waals surface area contributed by atoms with Gasteiger partial charge in [-0.1, -0.05) is 37.1 Å². The lowest BCUT2D eigenvalue weighted by molar-refractivity contribution is 0.306. The maximum Gasteiger partial charge on any atom is 0.119 e. The van der Waals surface area contributed by atoms with Crippen molar-refractivity contribution in [2.24, 2.45) is 0 Å². The smallest absolute Gasteiger partial charge is 0.119 e. The van der Waals surface area contributed by atoms with Gasteiger partial charge in [-0.2, -0.15) is 0 Å². The van der Waals surface area contributed by atoms with Crippen molar-refractivity contribution >= 4 is 33.2 Å². The molecule has 32 heavy (non-hydrogen) atoms. The molecule has 1 unspecified atom stereocenters. The van der Waals surface area contributed by atoms with Crippen LogP contribution < -0.4 is 4.74 Å². The summed E-state index contributed by atoms with van der Waals surface area (Å²) in [5.74, 6) is 7.50. The van der Waals surface area contributed by atoms with Gasteiger partial charge >= 0.3 is 0 Å². The average molecular weight is 457 g/mol. The minimum absolute atomic E-state index is 0.293. The highest BCUT2D eigenvalue weighted by molar-refractivity contribution is 7.98. The lowest BCUT2D eigenvalue weighted by atomic mass is 9.97. The molecule has 0 radical (unpaired) electrons. The van der Waals surface area contributed by atoms with Gasteiger partial charge in [0, 0.05) is 26.5 Å². The predicted molar refractivity (Wildman–Crippen MR) is 141 cm³/mol. The number of benzene rings is 3. The SMILES string of the molecule is CC#CC(CC)c1ccc(OCc2ccc3scc(-c4ccc(SC)cc4C)c3c2)cc1. The first-order valence-electron chi connectivity index (χ1n) is 10.9. The monoisotopic (exact) mass is 456 g/mol. The van der Waals surface area contributed by atoms with Crippen LogP contribution in [-0.4, -0.2) is 6.26 Å². The van der Waals surface area contributed by atoms with Gasteiger partial charge in [-0.25, -0.2) is 0 Å². The fourth-order valence-corrected chi connectivity index (χ4v) is 5.44. The summed E-state index contributed by atoms with van der Waals surface area (Å²) < 4.78 is 7.42. The van der Waals surface area contributed by atoms with E-state index in [1.807, 2.05) is 6.92 Å². The van der Waals surface area contributed by atoms with Crippen LogP contribution in [0.2, 0.25) is 0 Å². The Kier molecular flexibility index (Phi) is 7.25. The molecule has 0 aliphatic heterocycles. The van der Waals surface area contributed by atoms with E-state index in [-0.39, 0.29) is 0 Å². The van der Waals surface area contributed by atoms with Crippen molar-refractivity contribution in [1.29, 1.82) is 0 Å². The summed E-state index contributed by atoms with van der Waals surface area (Å²) in [6.45, 7) is 6.83. The van der Waals surface area contributed by atoms with Crippen LogP contribution in [0.1, 0.15) is 42.9 Å². The maximum absolute atomic E-state index is 6.11. The van der Waals surface area contributed by atoms with Gasteiger partial charge in [0.15, 0.2) is 0 Å². The molecule has 0 bridgehead atoms. The molecule has 0 amide bonds. The molecule has 0 N–H and O–H groups in total. The topological polar surface area (TPSA) is 9.23 Å². The number of thiophene rings is 1. The molecule has 3 aromatic carbocycles. The fraction of sp³-hybridized carbons (Fsp3) is 0.241. The quantitative estimate of drug-likeness (QED) is 0.203. The zero-order valence-corrected chi connectivity index (χ0v) is 20.7. The summed E-state index contributed by atoms with van der Waals surface area (Å²) in [6.07, 6.45) is 3.14. The van der Waals surface area contributed by atoms with Gasteiger partial charge in [-0.15, -0.1) is 29.0 Å². The van der Waals surface area contributed by atoms with Crippen LogP contribution in [0.15, 0.2) is 70.9 Å². The first-order valence-corrected chi connectivity index (χ1v) is 13.0. The summed E-state index contributed by atoms with van der Waals surface area (Å²) >= 11 is 3.59. The summed E-state index contributed by atoms with van der Waals surface area (Å²) in [7, 11) is 0. The van der Waals surface area contributed by atoms with Crippen molar-refractivity contribution in [3.05, 3.63) is 82.7 Å². The number of rotatable bonds is 7. The summed E-state index contributed by atoms with van der Waals surface area (Å²) in [5.41, 5.74) is 6.37. The molecule has 0 aliphatic rings. The lowest BCUT2D eigenvalue weighted by Gasteiger charge is -2.11. The fourth-order valence-electron chi connectivity index (χ4n) is 4.00. The molecule has 4 aromatic rings. The van der Waals surface area contributed by atoms with E-state index in [0.29, 0.717) is 12.5 Å². The second-order valence-corrected chi connectivity index (χ2v) is 9.66. The average Bonchev–Trinajstić information content (AvgIpc) is 3.24. The third kappa shape index (κ3) is 4.88. The molecule has 3 heteroatoms. The van der Waals surface area contributed by atoms with Crippen LogP contribution in [0.25, 0.3) is 21.2 Å². The summed E-state index contributed by atoms with van der Waals surface area (Å²) in [6, 6.07) is 21.8. The zero-order valence-electron chi connectivity index (χ0n) is 19.1. The van der Waals surface area contributed by atoms with E-state index in [9.17, 15) is 0 Å². The standard InChI is InChI=1S/C29H28OS2/c1-5-7-22(6-2)23-9-11-24(12-10-23)30-18-21-8-15-29-27(17-21)28(19-32-29)26-14-13-25(31-4)16-20(26)3/h8-17,19,22H,6,18H2,1-4H3. The Morgan fingerprint density at radius 2 is 1.81 bits per heavy atom. The first-order chi connectivity index (χ1) is 15.6.